The number of aliphatic hydroxyl groups is 1. The van der Waals surface area contributed by atoms with Gasteiger partial charge in [0.2, 0.25) is 0 Å². The lowest BCUT2D eigenvalue weighted by atomic mass is 10.1. The zero-order valence-electron chi connectivity index (χ0n) is 13.5. The lowest BCUT2D eigenvalue weighted by Gasteiger charge is -2.21. The van der Waals surface area contributed by atoms with Crippen molar-refractivity contribution in [1.29, 1.82) is 0 Å². The molecule has 5 nitrogen and oxygen atoms in total. The third-order valence-electron chi connectivity index (χ3n) is 3.80. The van der Waals surface area contributed by atoms with Crippen molar-refractivity contribution in [2.45, 2.75) is 12.6 Å². The van der Waals surface area contributed by atoms with Crippen LogP contribution in [0, 0.1) is 0 Å². The highest BCUT2D eigenvalue weighted by molar-refractivity contribution is 5.85. The largest absolute Gasteiger partial charge is 0.496 e. The van der Waals surface area contributed by atoms with Crippen LogP contribution in [0.3, 0.4) is 0 Å². The van der Waals surface area contributed by atoms with Gasteiger partial charge >= 0.3 is 0 Å². The van der Waals surface area contributed by atoms with Gasteiger partial charge in [-0.1, -0.05) is 30.3 Å². The first kappa shape index (κ1) is 18.4. The predicted octanol–water partition coefficient (Wildman–Crippen LogP) is 2.71. The Morgan fingerprint density at radius 2 is 1.92 bits per heavy atom. The van der Waals surface area contributed by atoms with Gasteiger partial charge in [-0.3, -0.25) is 0 Å². The van der Waals surface area contributed by atoms with Crippen molar-refractivity contribution in [1.82, 2.24) is 5.32 Å². The van der Waals surface area contributed by atoms with Crippen LogP contribution in [0.5, 0.6) is 17.2 Å². The standard InChI is InChI=1S/C18H21NO4.ClH/c1-21-16-7-3-2-6-14(16)15(20)12-19-11-13-5-4-8-17-18(13)23-10-9-22-17;/h2-8,15,19-20H,9-12H2,1H3;1H. The summed E-state index contributed by atoms with van der Waals surface area (Å²) in [5.41, 5.74) is 1.80. The van der Waals surface area contributed by atoms with Crippen LogP contribution in [0.2, 0.25) is 0 Å². The van der Waals surface area contributed by atoms with Crippen molar-refractivity contribution < 1.29 is 19.3 Å². The first-order valence-corrected chi connectivity index (χ1v) is 7.69. The molecule has 0 saturated carbocycles. The Labute approximate surface area is 148 Å². The summed E-state index contributed by atoms with van der Waals surface area (Å²) in [6.45, 7) is 2.16. The number of ether oxygens (including phenoxy) is 3. The molecule has 130 valence electrons. The van der Waals surface area contributed by atoms with E-state index in [4.69, 9.17) is 14.2 Å². The molecular weight excluding hydrogens is 330 g/mol. The maximum Gasteiger partial charge on any atom is 0.165 e. The molecule has 1 aliphatic heterocycles. The SMILES string of the molecule is COc1ccccc1C(O)CNCc1cccc2c1OCCO2.Cl. The molecule has 1 unspecified atom stereocenters. The van der Waals surface area contributed by atoms with Crippen LogP contribution >= 0.6 is 12.4 Å². The summed E-state index contributed by atoms with van der Waals surface area (Å²) in [4.78, 5) is 0. The molecule has 1 aliphatic rings. The van der Waals surface area contributed by atoms with Crippen LogP contribution in [0.1, 0.15) is 17.2 Å². The second kappa shape index (κ2) is 8.78. The van der Waals surface area contributed by atoms with Crippen molar-refractivity contribution in [2.24, 2.45) is 0 Å². The fourth-order valence-corrected chi connectivity index (χ4v) is 2.67. The Kier molecular flexibility index (Phi) is 6.73. The van der Waals surface area contributed by atoms with Crippen LogP contribution < -0.4 is 19.5 Å². The van der Waals surface area contributed by atoms with Crippen LogP contribution in [0.4, 0.5) is 0 Å². The zero-order chi connectivity index (χ0) is 16.1. The molecule has 2 aromatic rings. The molecule has 6 heteroatoms. The number of benzene rings is 2. The quantitative estimate of drug-likeness (QED) is 0.838. The molecule has 0 saturated heterocycles. The monoisotopic (exact) mass is 351 g/mol. The van der Waals surface area contributed by atoms with E-state index in [9.17, 15) is 5.11 Å². The summed E-state index contributed by atoms with van der Waals surface area (Å²) in [5, 5.41) is 13.6. The Morgan fingerprint density at radius 3 is 2.75 bits per heavy atom. The highest BCUT2D eigenvalue weighted by Gasteiger charge is 2.16. The minimum atomic E-state index is -0.636. The Morgan fingerprint density at radius 1 is 1.12 bits per heavy atom. The van der Waals surface area contributed by atoms with E-state index in [1.807, 2.05) is 42.5 Å². The topological polar surface area (TPSA) is 60.0 Å². The molecule has 24 heavy (non-hydrogen) atoms. The zero-order valence-corrected chi connectivity index (χ0v) is 14.3. The normalized spacial score (nSPS) is 13.8. The number of rotatable bonds is 6. The molecule has 0 fully saturated rings. The van der Waals surface area contributed by atoms with E-state index in [1.54, 1.807) is 7.11 Å². The van der Waals surface area contributed by atoms with Crippen LogP contribution in [0.25, 0.3) is 0 Å². The Balaban J connectivity index is 0.00000208. The molecule has 1 atom stereocenters. The van der Waals surface area contributed by atoms with Gasteiger partial charge in [0, 0.05) is 24.2 Å². The third kappa shape index (κ3) is 4.12. The van der Waals surface area contributed by atoms with Crippen molar-refractivity contribution in [3.8, 4) is 17.2 Å². The first-order valence-electron chi connectivity index (χ1n) is 7.69. The number of nitrogens with one attached hydrogen (secondary N) is 1. The van der Waals surface area contributed by atoms with Gasteiger partial charge in [-0.05, 0) is 12.1 Å². The van der Waals surface area contributed by atoms with Crippen molar-refractivity contribution in [3.05, 3.63) is 53.6 Å². The second-order valence-corrected chi connectivity index (χ2v) is 5.33. The molecule has 0 spiro atoms. The van der Waals surface area contributed by atoms with Gasteiger partial charge in [-0.25, -0.2) is 0 Å². The lowest BCUT2D eigenvalue weighted by molar-refractivity contribution is 0.165. The Bertz CT molecular complexity index is 665. The summed E-state index contributed by atoms with van der Waals surface area (Å²) in [6.07, 6.45) is -0.636. The van der Waals surface area contributed by atoms with Gasteiger partial charge in [0.1, 0.15) is 19.0 Å². The number of methoxy groups -OCH3 is 1. The van der Waals surface area contributed by atoms with Gasteiger partial charge in [0.05, 0.1) is 13.2 Å². The van der Waals surface area contributed by atoms with E-state index in [0.29, 0.717) is 32.1 Å². The fraction of sp³-hybridized carbons (Fsp3) is 0.333. The predicted molar refractivity (Wildman–Crippen MR) is 94.3 cm³/mol. The molecule has 1 heterocycles. The molecule has 2 aromatic carbocycles. The molecule has 2 N–H and O–H groups in total. The molecule has 3 rings (SSSR count). The van der Waals surface area contributed by atoms with Crippen molar-refractivity contribution in [3.63, 3.8) is 0 Å². The van der Waals surface area contributed by atoms with Gasteiger partial charge in [-0.2, -0.15) is 0 Å². The maximum atomic E-state index is 10.4. The molecule has 0 bridgehead atoms. The van der Waals surface area contributed by atoms with Crippen molar-refractivity contribution in [2.75, 3.05) is 26.9 Å². The minimum Gasteiger partial charge on any atom is -0.496 e. The third-order valence-corrected chi connectivity index (χ3v) is 3.80. The number of fused-ring (bicyclic) bond motifs is 1. The van der Waals surface area contributed by atoms with E-state index < -0.39 is 6.10 Å². The van der Waals surface area contributed by atoms with E-state index in [1.165, 1.54) is 0 Å². The fourth-order valence-electron chi connectivity index (χ4n) is 2.67. The van der Waals surface area contributed by atoms with E-state index in [-0.39, 0.29) is 12.4 Å². The lowest BCUT2D eigenvalue weighted by Crippen LogP contribution is -2.23. The number of hydrogen-bond donors (Lipinski definition) is 2. The van der Waals surface area contributed by atoms with Gasteiger partial charge in [0.15, 0.2) is 11.5 Å². The van der Waals surface area contributed by atoms with Gasteiger partial charge < -0.3 is 24.6 Å². The maximum absolute atomic E-state index is 10.4. The van der Waals surface area contributed by atoms with Crippen LogP contribution in [-0.2, 0) is 6.54 Å². The molecular formula is C18H22ClNO4. The average Bonchev–Trinajstić information content (AvgIpc) is 2.61. The average molecular weight is 352 g/mol. The highest BCUT2D eigenvalue weighted by atomic mass is 35.5. The van der Waals surface area contributed by atoms with Gasteiger partial charge in [0.25, 0.3) is 0 Å². The van der Waals surface area contributed by atoms with E-state index >= 15 is 0 Å². The smallest absolute Gasteiger partial charge is 0.165 e. The summed E-state index contributed by atoms with van der Waals surface area (Å²) in [7, 11) is 1.60. The Hall–Kier alpha value is -1.95. The van der Waals surface area contributed by atoms with Crippen molar-refractivity contribution >= 4 is 12.4 Å². The number of hydrogen-bond acceptors (Lipinski definition) is 5. The van der Waals surface area contributed by atoms with E-state index in [2.05, 4.69) is 5.32 Å². The summed E-state index contributed by atoms with van der Waals surface area (Å²) in [5.74, 6) is 2.26. The van der Waals surface area contributed by atoms with Gasteiger partial charge in [-0.15, -0.1) is 12.4 Å². The van der Waals surface area contributed by atoms with E-state index in [0.717, 1.165) is 22.6 Å². The first-order chi connectivity index (χ1) is 11.3. The number of halogens is 1. The highest BCUT2D eigenvalue weighted by Crippen LogP contribution is 2.33. The molecule has 0 amide bonds. The molecule has 0 aromatic heterocycles. The molecule has 0 radical (unpaired) electrons. The number of para-hydroxylation sites is 2. The molecule has 0 aliphatic carbocycles. The second-order valence-electron chi connectivity index (χ2n) is 5.33. The summed E-state index contributed by atoms with van der Waals surface area (Å²) in [6, 6.07) is 13.3. The number of aliphatic hydroxyl groups excluding tert-OH is 1. The van der Waals surface area contributed by atoms with Crippen LogP contribution in [0.15, 0.2) is 42.5 Å². The van der Waals surface area contributed by atoms with Crippen LogP contribution in [-0.4, -0.2) is 32.0 Å². The minimum absolute atomic E-state index is 0. The summed E-state index contributed by atoms with van der Waals surface area (Å²) >= 11 is 0. The summed E-state index contributed by atoms with van der Waals surface area (Å²) < 4.78 is 16.5.